The lowest BCUT2D eigenvalue weighted by molar-refractivity contribution is 0.476. The molecule has 1 N–H and O–H groups in total. The Morgan fingerprint density at radius 1 is 0.565 bits per heavy atom. The highest BCUT2D eigenvalue weighted by Gasteiger charge is 2.13. The second-order valence-electron chi connectivity index (χ2n) is 5.33. The standard InChI is InChI=1S/C20H14N2O/c23-16-11-12-17-18(13-16)22-20(15-9-5-2-6-10-15)19(21-17)14-7-3-1-4-8-14/h1-13,23H. The summed E-state index contributed by atoms with van der Waals surface area (Å²) < 4.78 is 0. The van der Waals surface area contributed by atoms with Crippen LogP contribution >= 0.6 is 0 Å². The molecule has 1 aromatic heterocycles. The van der Waals surface area contributed by atoms with Gasteiger partial charge in [0.05, 0.1) is 22.4 Å². The normalized spacial score (nSPS) is 10.8. The number of hydrogen-bond donors (Lipinski definition) is 1. The summed E-state index contributed by atoms with van der Waals surface area (Å²) in [5, 5.41) is 9.71. The number of fused-ring (bicyclic) bond motifs is 1. The highest BCUT2D eigenvalue weighted by molar-refractivity contribution is 5.86. The molecule has 3 nitrogen and oxygen atoms in total. The fourth-order valence-electron chi connectivity index (χ4n) is 2.64. The van der Waals surface area contributed by atoms with Gasteiger partial charge in [0, 0.05) is 17.2 Å². The molecule has 4 rings (SSSR count). The minimum absolute atomic E-state index is 0.193. The maximum absolute atomic E-state index is 9.71. The Morgan fingerprint density at radius 3 is 1.65 bits per heavy atom. The zero-order valence-electron chi connectivity index (χ0n) is 12.3. The van der Waals surface area contributed by atoms with Crippen molar-refractivity contribution in [2.24, 2.45) is 0 Å². The molecule has 0 saturated heterocycles. The average molecular weight is 298 g/mol. The summed E-state index contributed by atoms with van der Waals surface area (Å²) in [5.74, 6) is 0.193. The summed E-state index contributed by atoms with van der Waals surface area (Å²) in [6, 6.07) is 25.1. The fourth-order valence-corrected chi connectivity index (χ4v) is 2.64. The third-order valence-corrected chi connectivity index (χ3v) is 3.74. The van der Waals surface area contributed by atoms with Gasteiger partial charge in [-0.3, -0.25) is 0 Å². The maximum atomic E-state index is 9.71. The topological polar surface area (TPSA) is 46.0 Å². The predicted molar refractivity (Wildman–Crippen MR) is 92.1 cm³/mol. The molecule has 0 amide bonds. The van der Waals surface area contributed by atoms with Crippen molar-refractivity contribution in [3.05, 3.63) is 78.9 Å². The van der Waals surface area contributed by atoms with Crippen molar-refractivity contribution in [3.63, 3.8) is 0 Å². The summed E-state index contributed by atoms with van der Waals surface area (Å²) in [6.45, 7) is 0. The summed E-state index contributed by atoms with van der Waals surface area (Å²) >= 11 is 0. The Hall–Kier alpha value is -3.20. The van der Waals surface area contributed by atoms with Crippen LogP contribution in [0, 0.1) is 0 Å². The lowest BCUT2D eigenvalue weighted by Crippen LogP contribution is -1.95. The summed E-state index contributed by atoms with van der Waals surface area (Å²) in [4.78, 5) is 9.55. The molecule has 3 aromatic carbocycles. The molecule has 1 heterocycles. The van der Waals surface area contributed by atoms with Crippen molar-refractivity contribution in [2.45, 2.75) is 0 Å². The van der Waals surface area contributed by atoms with Crippen LogP contribution in [0.1, 0.15) is 0 Å². The van der Waals surface area contributed by atoms with E-state index < -0.39 is 0 Å². The van der Waals surface area contributed by atoms with Gasteiger partial charge in [0.2, 0.25) is 0 Å². The van der Waals surface area contributed by atoms with E-state index in [0.717, 1.165) is 28.0 Å². The first-order valence-electron chi connectivity index (χ1n) is 7.43. The van der Waals surface area contributed by atoms with Gasteiger partial charge in [-0.15, -0.1) is 0 Å². The van der Waals surface area contributed by atoms with Gasteiger partial charge in [0.1, 0.15) is 5.75 Å². The lowest BCUT2D eigenvalue weighted by Gasteiger charge is -2.10. The Bertz CT molecular complexity index is 967. The Balaban J connectivity index is 2.04. The van der Waals surface area contributed by atoms with Gasteiger partial charge < -0.3 is 5.11 Å². The van der Waals surface area contributed by atoms with E-state index >= 15 is 0 Å². The molecule has 0 unspecified atom stereocenters. The Kier molecular flexibility index (Phi) is 3.24. The number of phenols is 1. The molecule has 23 heavy (non-hydrogen) atoms. The summed E-state index contributed by atoms with van der Waals surface area (Å²) in [5.41, 5.74) is 5.13. The zero-order valence-corrected chi connectivity index (χ0v) is 12.3. The third-order valence-electron chi connectivity index (χ3n) is 3.74. The van der Waals surface area contributed by atoms with Crippen LogP contribution in [0.3, 0.4) is 0 Å². The first-order chi connectivity index (χ1) is 11.3. The molecule has 4 aromatic rings. The molecule has 0 radical (unpaired) electrons. The molecule has 0 atom stereocenters. The molecule has 0 aliphatic carbocycles. The number of rotatable bonds is 2. The average Bonchev–Trinajstić information content (AvgIpc) is 2.62. The molecule has 0 fully saturated rings. The molecular formula is C20H14N2O. The molecule has 0 spiro atoms. The smallest absolute Gasteiger partial charge is 0.117 e. The van der Waals surface area contributed by atoms with Crippen molar-refractivity contribution in [1.82, 2.24) is 9.97 Å². The van der Waals surface area contributed by atoms with Crippen LogP contribution in [0.25, 0.3) is 33.5 Å². The molecule has 0 bridgehead atoms. The van der Waals surface area contributed by atoms with Gasteiger partial charge in [-0.2, -0.15) is 0 Å². The number of nitrogens with zero attached hydrogens (tertiary/aromatic N) is 2. The minimum atomic E-state index is 0.193. The van der Waals surface area contributed by atoms with Crippen molar-refractivity contribution < 1.29 is 5.11 Å². The fraction of sp³-hybridized carbons (Fsp3) is 0. The number of hydrogen-bond acceptors (Lipinski definition) is 3. The summed E-state index contributed by atoms with van der Waals surface area (Å²) in [6.07, 6.45) is 0. The van der Waals surface area contributed by atoms with E-state index in [1.807, 2.05) is 60.7 Å². The Morgan fingerprint density at radius 2 is 1.09 bits per heavy atom. The SMILES string of the molecule is Oc1ccc2nc(-c3ccccc3)c(-c3ccccc3)nc2c1. The van der Waals surface area contributed by atoms with Crippen LogP contribution < -0.4 is 0 Å². The van der Waals surface area contributed by atoms with Gasteiger partial charge in [0.15, 0.2) is 0 Å². The van der Waals surface area contributed by atoms with E-state index in [1.54, 1.807) is 18.2 Å². The second kappa shape index (κ2) is 5.54. The van der Waals surface area contributed by atoms with Gasteiger partial charge >= 0.3 is 0 Å². The molecule has 0 aliphatic heterocycles. The van der Waals surface area contributed by atoms with Crippen LogP contribution in [0.2, 0.25) is 0 Å². The largest absolute Gasteiger partial charge is 0.508 e. The molecule has 0 aliphatic rings. The Labute approximate surface area is 133 Å². The highest BCUT2D eigenvalue weighted by Crippen LogP contribution is 2.31. The second-order valence-corrected chi connectivity index (χ2v) is 5.33. The van der Waals surface area contributed by atoms with E-state index in [1.165, 1.54) is 0 Å². The van der Waals surface area contributed by atoms with Crippen LogP contribution in [-0.4, -0.2) is 15.1 Å². The zero-order chi connectivity index (χ0) is 15.6. The van der Waals surface area contributed by atoms with Crippen LogP contribution in [0.4, 0.5) is 0 Å². The highest BCUT2D eigenvalue weighted by atomic mass is 16.3. The van der Waals surface area contributed by atoms with Crippen LogP contribution in [0.15, 0.2) is 78.9 Å². The predicted octanol–water partition coefficient (Wildman–Crippen LogP) is 4.67. The van der Waals surface area contributed by atoms with E-state index in [0.29, 0.717) is 5.52 Å². The summed E-state index contributed by atoms with van der Waals surface area (Å²) in [7, 11) is 0. The van der Waals surface area contributed by atoms with E-state index in [4.69, 9.17) is 9.97 Å². The van der Waals surface area contributed by atoms with Crippen molar-refractivity contribution >= 4 is 11.0 Å². The number of benzene rings is 3. The van der Waals surface area contributed by atoms with Crippen molar-refractivity contribution in [2.75, 3.05) is 0 Å². The van der Waals surface area contributed by atoms with E-state index in [2.05, 4.69) is 0 Å². The van der Waals surface area contributed by atoms with Crippen molar-refractivity contribution in [3.8, 4) is 28.3 Å². The lowest BCUT2D eigenvalue weighted by atomic mass is 10.0. The van der Waals surface area contributed by atoms with Crippen molar-refractivity contribution in [1.29, 1.82) is 0 Å². The van der Waals surface area contributed by atoms with Crippen LogP contribution in [-0.2, 0) is 0 Å². The van der Waals surface area contributed by atoms with E-state index in [9.17, 15) is 5.11 Å². The van der Waals surface area contributed by atoms with Gasteiger partial charge in [-0.1, -0.05) is 60.7 Å². The molecule has 0 saturated carbocycles. The van der Waals surface area contributed by atoms with E-state index in [-0.39, 0.29) is 5.75 Å². The molecular weight excluding hydrogens is 284 g/mol. The quantitative estimate of drug-likeness (QED) is 0.585. The first-order valence-corrected chi connectivity index (χ1v) is 7.43. The third kappa shape index (κ3) is 2.53. The van der Waals surface area contributed by atoms with Crippen LogP contribution in [0.5, 0.6) is 5.75 Å². The van der Waals surface area contributed by atoms with Gasteiger partial charge in [-0.05, 0) is 12.1 Å². The maximum Gasteiger partial charge on any atom is 0.117 e. The number of aromatic hydroxyl groups is 1. The molecule has 110 valence electrons. The number of phenolic OH excluding ortho intramolecular Hbond substituents is 1. The van der Waals surface area contributed by atoms with Gasteiger partial charge in [-0.25, -0.2) is 9.97 Å². The minimum Gasteiger partial charge on any atom is -0.508 e. The molecule has 3 heteroatoms. The number of aromatic nitrogens is 2. The first kappa shape index (κ1) is 13.5. The van der Waals surface area contributed by atoms with Gasteiger partial charge in [0.25, 0.3) is 0 Å². The monoisotopic (exact) mass is 298 g/mol.